The molecule has 27 heavy (non-hydrogen) atoms. The Morgan fingerprint density at radius 1 is 1.19 bits per heavy atom. The highest BCUT2D eigenvalue weighted by Gasteiger charge is 2.33. The summed E-state index contributed by atoms with van der Waals surface area (Å²) in [6.45, 7) is 1.46. The van der Waals surface area contributed by atoms with Gasteiger partial charge in [0, 0.05) is 11.7 Å². The largest absolute Gasteiger partial charge is 0.470 e. The van der Waals surface area contributed by atoms with Crippen molar-refractivity contribution in [3.05, 3.63) is 41.8 Å². The number of esters is 1. The smallest absolute Gasteiger partial charge is 0.347 e. The van der Waals surface area contributed by atoms with E-state index in [1.807, 2.05) is 18.2 Å². The van der Waals surface area contributed by atoms with Crippen molar-refractivity contribution in [2.75, 3.05) is 18.5 Å². The molecule has 7 heteroatoms. The second kappa shape index (κ2) is 8.70. The van der Waals surface area contributed by atoms with Gasteiger partial charge in [0.15, 0.2) is 18.8 Å². The lowest BCUT2D eigenvalue weighted by molar-refractivity contribution is -0.146. The van der Waals surface area contributed by atoms with E-state index in [1.165, 1.54) is 6.42 Å². The maximum atomic E-state index is 12.3. The van der Waals surface area contributed by atoms with Crippen molar-refractivity contribution >= 4 is 23.3 Å². The van der Waals surface area contributed by atoms with Gasteiger partial charge in [-0.05, 0) is 30.9 Å². The number of amides is 1. The van der Waals surface area contributed by atoms with E-state index >= 15 is 0 Å². The van der Waals surface area contributed by atoms with Crippen LogP contribution < -0.4 is 10.6 Å². The summed E-state index contributed by atoms with van der Waals surface area (Å²) in [6.07, 6.45) is 4.28. The molecule has 0 radical (unpaired) electrons. The molecular formula is C20H24N2O5. The van der Waals surface area contributed by atoms with E-state index in [4.69, 9.17) is 9.47 Å². The number of rotatable bonds is 6. The van der Waals surface area contributed by atoms with Gasteiger partial charge in [0.1, 0.15) is 0 Å². The van der Waals surface area contributed by atoms with Crippen molar-refractivity contribution in [1.82, 2.24) is 5.32 Å². The number of hydrogen-bond donors (Lipinski definition) is 2. The maximum absolute atomic E-state index is 12.3. The molecule has 0 unspecified atom stereocenters. The lowest BCUT2D eigenvalue weighted by atomic mass is 9.86. The van der Waals surface area contributed by atoms with Gasteiger partial charge in [0.05, 0.1) is 0 Å². The zero-order chi connectivity index (χ0) is 19.2. The maximum Gasteiger partial charge on any atom is 0.347 e. The van der Waals surface area contributed by atoms with Gasteiger partial charge in [-0.25, -0.2) is 4.79 Å². The SMILES string of the molecule is C[C@H]1CCCC[C@@H]1NC(=O)COC(=O)C1=C(Nc2ccccc2)OCC1=O. The van der Waals surface area contributed by atoms with Gasteiger partial charge in [-0.1, -0.05) is 38.0 Å². The van der Waals surface area contributed by atoms with Crippen molar-refractivity contribution < 1.29 is 23.9 Å². The van der Waals surface area contributed by atoms with E-state index in [9.17, 15) is 14.4 Å². The minimum absolute atomic E-state index is 0.0533. The molecule has 1 aliphatic carbocycles. The highest BCUT2D eigenvalue weighted by molar-refractivity contribution is 6.20. The van der Waals surface area contributed by atoms with Crippen molar-refractivity contribution in [2.24, 2.45) is 5.92 Å². The summed E-state index contributed by atoms with van der Waals surface area (Å²) in [5.74, 6) is -1.22. The highest BCUT2D eigenvalue weighted by atomic mass is 16.5. The van der Waals surface area contributed by atoms with Gasteiger partial charge >= 0.3 is 5.97 Å². The Balaban J connectivity index is 1.57. The van der Waals surface area contributed by atoms with E-state index in [0.29, 0.717) is 11.6 Å². The molecule has 0 aromatic heterocycles. The fraction of sp³-hybridized carbons (Fsp3) is 0.450. The van der Waals surface area contributed by atoms with Crippen LogP contribution in [-0.2, 0) is 23.9 Å². The summed E-state index contributed by atoms with van der Waals surface area (Å²) < 4.78 is 10.3. The Hall–Kier alpha value is -2.83. The molecule has 144 valence electrons. The molecule has 2 aliphatic rings. The van der Waals surface area contributed by atoms with Crippen LogP contribution in [0, 0.1) is 5.92 Å². The van der Waals surface area contributed by atoms with Gasteiger partial charge in [0.25, 0.3) is 5.91 Å². The minimum atomic E-state index is -0.859. The first-order valence-corrected chi connectivity index (χ1v) is 9.23. The molecular weight excluding hydrogens is 348 g/mol. The van der Waals surface area contributed by atoms with Crippen LogP contribution in [0.4, 0.5) is 5.69 Å². The van der Waals surface area contributed by atoms with Crippen molar-refractivity contribution in [3.63, 3.8) is 0 Å². The first-order chi connectivity index (χ1) is 13.0. The van der Waals surface area contributed by atoms with E-state index < -0.39 is 18.4 Å². The molecule has 2 atom stereocenters. The number of ketones is 1. The predicted octanol–water partition coefficient (Wildman–Crippen LogP) is 2.15. The van der Waals surface area contributed by atoms with Crippen LogP contribution in [0.2, 0.25) is 0 Å². The first kappa shape index (κ1) is 18.9. The number of anilines is 1. The molecule has 1 aliphatic heterocycles. The average molecular weight is 372 g/mol. The van der Waals surface area contributed by atoms with Crippen molar-refractivity contribution in [1.29, 1.82) is 0 Å². The van der Waals surface area contributed by atoms with E-state index in [2.05, 4.69) is 17.6 Å². The highest BCUT2D eigenvalue weighted by Crippen LogP contribution is 2.24. The number of hydrogen-bond acceptors (Lipinski definition) is 6. The van der Waals surface area contributed by atoms with E-state index in [0.717, 1.165) is 19.3 Å². The number of ether oxygens (including phenoxy) is 2. The van der Waals surface area contributed by atoms with Crippen LogP contribution in [0.1, 0.15) is 32.6 Å². The summed E-state index contributed by atoms with van der Waals surface area (Å²) in [5.41, 5.74) is 0.481. The Labute approximate surface area is 158 Å². The van der Waals surface area contributed by atoms with Crippen molar-refractivity contribution in [3.8, 4) is 0 Å². The third-order valence-electron chi connectivity index (χ3n) is 4.88. The lowest BCUT2D eigenvalue weighted by Crippen LogP contribution is -2.43. The van der Waals surface area contributed by atoms with Gasteiger partial charge in [-0.15, -0.1) is 0 Å². The van der Waals surface area contributed by atoms with Crippen LogP contribution in [0.25, 0.3) is 0 Å². The molecule has 1 amide bonds. The van der Waals surface area contributed by atoms with Crippen molar-refractivity contribution in [2.45, 2.75) is 38.6 Å². The standard InChI is InChI=1S/C20H24N2O5/c1-13-7-5-6-10-15(13)22-17(24)12-27-20(25)18-16(23)11-26-19(18)21-14-8-3-2-4-9-14/h2-4,8-9,13,15,21H,5-7,10-12H2,1H3,(H,22,24)/t13-,15-/m0/s1. The Bertz CT molecular complexity index is 744. The van der Waals surface area contributed by atoms with Crippen LogP contribution in [0.15, 0.2) is 41.8 Å². The predicted molar refractivity (Wildman–Crippen MR) is 98.6 cm³/mol. The molecule has 1 saturated carbocycles. The van der Waals surface area contributed by atoms with E-state index in [-0.39, 0.29) is 30.0 Å². The first-order valence-electron chi connectivity index (χ1n) is 9.23. The molecule has 1 aromatic carbocycles. The summed E-state index contributed by atoms with van der Waals surface area (Å²) in [6, 6.07) is 9.14. The third kappa shape index (κ3) is 4.87. The summed E-state index contributed by atoms with van der Waals surface area (Å²) in [7, 11) is 0. The number of para-hydroxylation sites is 1. The normalized spacial score (nSPS) is 22.2. The van der Waals surface area contributed by atoms with Gasteiger partial charge < -0.3 is 20.1 Å². The monoisotopic (exact) mass is 372 g/mol. The van der Waals surface area contributed by atoms with Crippen LogP contribution in [0.5, 0.6) is 0 Å². The summed E-state index contributed by atoms with van der Waals surface area (Å²) in [4.78, 5) is 36.4. The average Bonchev–Trinajstić information content (AvgIpc) is 3.03. The molecule has 1 fully saturated rings. The number of benzene rings is 1. The van der Waals surface area contributed by atoms with Gasteiger partial charge in [-0.3, -0.25) is 9.59 Å². The van der Waals surface area contributed by atoms with Crippen LogP contribution in [-0.4, -0.2) is 36.9 Å². The Morgan fingerprint density at radius 3 is 2.67 bits per heavy atom. The molecule has 7 nitrogen and oxygen atoms in total. The zero-order valence-corrected chi connectivity index (χ0v) is 15.3. The second-order valence-corrected chi connectivity index (χ2v) is 6.92. The van der Waals surface area contributed by atoms with Crippen LogP contribution >= 0.6 is 0 Å². The van der Waals surface area contributed by atoms with E-state index in [1.54, 1.807) is 12.1 Å². The molecule has 0 spiro atoms. The Morgan fingerprint density at radius 2 is 1.93 bits per heavy atom. The fourth-order valence-corrected chi connectivity index (χ4v) is 3.35. The number of nitrogens with one attached hydrogen (secondary N) is 2. The molecule has 0 saturated heterocycles. The zero-order valence-electron chi connectivity index (χ0n) is 15.3. The van der Waals surface area contributed by atoms with Gasteiger partial charge in [-0.2, -0.15) is 0 Å². The molecule has 0 bridgehead atoms. The summed E-state index contributed by atoms with van der Waals surface area (Å²) >= 11 is 0. The molecule has 1 aromatic rings. The summed E-state index contributed by atoms with van der Waals surface area (Å²) in [5, 5.41) is 5.81. The number of carbonyl (C=O) groups is 3. The number of carbonyl (C=O) groups excluding carboxylic acids is 3. The molecule has 2 N–H and O–H groups in total. The number of Topliss-reactive ketones (excluding diaryl/α,β-unsaturated/α-hetero) is 1. The van der Waals surface area contributed by atoms with Gasteiger partial charge in [0.2, 0.25) is 11.7 Å². The fourth-order valence-electron chi connectivity index (χ4n) is 3.35. The molecule has 1 heterocycles. The second-order valence-electron chi connectivity index (χ2n) is 6.92. The molecule has 3 rings (SSSR count). The lowest BCUT2D eigenvalue weighted by Gasteiger charge is -2.29. The quantitative estimate of drug-likeness (QED) is 0.587. The van der Waals surface area contributed by atoms with Crippen LogP contribution in [0.3, 0.4) is 0 Å². The Kier molecular flexibility index (Phi) is 6.11. The topological polar surface area (TPSA) is 93.7 Å². The minimum Gasteiger partial charge on any atom is -0.470 e. The third-order valence-corrected chi connectivity index (χ3v) is 4.88.